The summed E-state index contributed by atoms with van der Waals surface area (Å²) in [6.07, 6.45) is 2.22. The number of benzene rings is 2. The minimum atomic E-state index is -0.419. The van der Waals surface area contributed by atoms with Gasteiger partial charge in [-0.1, -0.05) is 60.2 Å². The van der Waals surface area contributed by atoms with Gasteiger partial charge in [0.25, 0.3) is 0 Å². The molecule has 2 aliphatic rings. The molecule has 0 fully saturated rings. The summed E-state index contributed by atoms with van der Waals surface area (Å²) in [4.78, 5) is 17.6. The van der Waals surface area contributed by atoms with Gasteiger partial charge < -0.3 is 0 Å². The van der Waals surface area contributed by atoms with E-state index in [9.17, 15) is 10.1 Å². The summed E-state index contributed by atoms with van der Waals surface area (Å²) >= 11 is 1.62. The molecule has 1 unspecified atom stereocenters. The van der Waals surface area contributed by atoms with E-state index in [1.807, 2.05) is 25.1 Å². The maximum atomic E-state index is 12.8. The van der Waals surface area contributed by atoms with Crippen molar-refractivity contribution in [3.05, 3.63) is 82.6 Å². The van der Waals surface area contributed by atoms with E-state index in [1.165, 1.54) is 11.1 Å². The van der Waals surface area contributed by atoms with Crippen LogP contribution in [0.15, 0.2) is 70.9 Å². The average molecular weight is 387 g/mol. The number of rotatable bonds is 3. The van der Waals surface area contributed by atoms with Crippen molar-refractivity contribution >= 4 is 22.6 Å². The van der Waals surface area contributed by atoms with Crippen molar-refractivity contribution in [2.24, 2.45) is 10.9 Å². The fourth-order valence-corrected chi connectivity index (χ4v) is 4.99. The van der Waals surface area contributed by atoms with Crippen molar-refractivity contribution in [1.29, 1.82) is 5.26 Å². The normalized spacial score (nSPS) is 21.7. The fourth-order valence-electron chi connectivity index (χ4n) is 3.94. The number of thioether (sulfide) groups is 1. The maximum Gasteiger partial charge on any atom is 0.161 e. The fraction of sp³-hybridized carbons (Fsp3) is 0.292. The van der Waals surface area contributed by atoms with Crippen LogP contribution < -0.4 is 0 Å². The summed E-state index contributed by atoms with van der Waals surface area (Å²) in [6, 6.07) is 20.9. The molecule has 2 aromatic rings. The molecule has 0 saturated carbocycles. The lowest BCUT2D eigenvalue weighted by atomic mass is 9.74. The van der Waals surface area contributed by atoms with Gasteiger partial charge >= 0.3 is 0 Å². The van der Waals surface area contributed by atoms with Crippen LogP contribution in [0.4, 0.5) is 0 Å². The molecule has 0 bridgehead atoms. The number of hydrogen-bond acceptors (Lipinski definition) is 4. The van der Waals surface area contributed by atoms with Gasteiger partial charge in [-0.2, -0.15) is 5.26 Å². The Kier molecular flexibility index (Phi) is 5.45. The van der Waals surface area contributed by atoms with Crippen molar-refractivity contribution in [3.8, 4) is 6.07 Å². The van der Waals surface area contributed by atoms with Gasteiger partial charge in [-0.05, 0) is 30.9 Å². The third-order valence-corrected chi connectivity index (χ3v) is 6.51. The summed E-state index contributed by atoms with van der Waals surface area (Å²) < 4.78 is 0. The monoisotopic (exact) mass is 386 g/mol. The van der Waals surface area contributed by atoms with E-state index in [-0.39, 0.29) is 11.7 Å². The molecular formula is C24H22N2OS. The predicted molar refractivity (Wildman–Crippen MR) is 114 cm³/mol. The first kappa shape index (κ1) is 18.7. The molecule has 1 heterocycles. The Morgan fingerprint density at radius 2 is 1.86 bits per heavy atom. The molecule has 28 heavy (non-hydrogen) atoms. The first-order chi connectivity index (χ1) is 13.7. The molecule has 140 valence electrons. The third kappa shape index (κ3) is 3.68. The van der Waals surface area contributed by atoms with Crippen LogP contribution in [0, 0.1) is 24.2 Å². The minimum absolute atomic E-state index is 0.155. The number of aryl methyl sites for hydroxylation is 1. The zero-order chi connectivity index (χ0) is 19.5. The van der Waals surface area contributed by atoms with Crippen LogP contribution in [-0.2, 0) is 10.5 Å². The van der Waals surface area contributed by atoms with Crippen molar-refractivity contribution in [2.75, 3.05) is 0 Å². The molecule has 2 atom stereocenters. The van der Waals surface area contributed by atoms with E-state index in [4.69, 9.17) is 4.99 Å². The van der Waals surface area contributed by atoms with Crippen molar-refractivity contribution in [1.82, 2.24) is 0 Å². The van der Waals surface area contributed by atoms with E-state index in [2.05, 4.69) is 42.5 Å². The lowest BCUT2D eigenvalue weighted by molar-refractivity contribution is -0.116. The molecule has 3 nitrogen and oxygen atoms in total. The number of aliphatic imine (C=N–C) groups is 1. The Balaban J connectivity index is 1.73. The van der Waals surface area contributed by atoms with Crippen molar-refractivity contribution < 1.29 is 4.79 Å². The number of allylic oxidation sites excluding steroid dienone is 2. The highest BCUT2D eigenvalue weighted by Gasteiger charge is 2.40. The first-order valence-corrected chi connectivity index (χ1v) is 10.6. The SMILES string of the molecule is Cc1ccc([C@@H]2C3=C(CCCC3=O)N=C(SCc3ccccc3)C2C#N)cc1. The Hall–Kier alpha value is -2.64. The Morgan fingerprint density at radius 1 is 1.11 bits per heavy atom. The molecule has 2 aromatic carbocycles. The van der Waals surface area contributed by atoms with Crippen LogP contribution >= 0.6 is 11.8 Å². The number of hydrogen-bond donors (Lipinski definition) is 0. The van der Waals surface area contributed by atoms with Crippen LogP contribution in [0.2, 0.25) is 0 Å². The summed E-state index contributed by atoms with van der Waals surface area (Å²) in [5.41, 5.74) is 5.07. The van der Waals surface area contributed by atoms with Crippen molar-refractivity contribution in [2.45, 2.75) is 37.9 Å². The number of ketones is 1. The third-order valence-electron chi connectivity index (χ3n) is 5.39. The highest BCUT2D eigenvalue weighted by molar-refractivity contribution is 8.13. The van der Waals surface area contributed by atoms with E-state index in [1.54, 1.807) is 11.8 Å². The standard InChI is InChI=1S/C24H22N2OS/c1-16-10-12-18(13-11-16)22-19(14-25)24(28-15-17-6-3-2-4-7-17)26-20-8-5-9-21(27)23(20)22/h2-4,6-7,10-13,19,22H,5,8-9,15H2,1H3/t19?,22-/m0/s1. The largest absolute Gasteiger partial charge is 0.294 e. The quantitative estimate of drug-likeness (QED) is 0.693. The molecular weight excluding hydrogens is 364 g/mol. The second-order valence-corrected chi connectivity index (χ2v) is 8.35. The van der Waals surface area contributed by atoms with Gasteiger partial charge in [-0.15, -0.1) is 11.8 Å². The lowest BCUT2D eigenvalue weighted by Gasteiger charge is -2.33. The minimum Gasteiger partial charge on any atom is -0.294 e. The molecule has 4 rings (SSSR count). The predicted octanol–water partition coefficient (Wildman–Crippen LogP) is 5.57. The highest BCUT2D eigenvalue weighted by Crippen LogP contribution is 2.45. The molecule has 4 heteroatoms. The number of carbonyl (C=O) groups is 1. The smallest absolute Gasteiger partial charge is 0.161 e. The molecule has 1 aliphatic carbocycles. The molecule has 0 aromatic heterocycles. The molecule has 1 aliphatic heterocycles. The zero-order valence-electron chi connectivity index (χ0n) is 15.9. The van der Waals surface area contributed by atoms with E-state index < -0.39 is 5.92 Å². The molecule has 0 N–H and O–H groups in total. The summed E-state index contributed by atoms with van der Waals surface area (Å²) in [6.45, 7) is 2.05. The van der Waals surface area contributed by atoms with E-state index >= 15 is 0 Å². The van der Waals surface area contributed by atoms with Crippen LogP contribution in [0.5, 0.6) is 0 Å². The summed E-state index contributed by atoms with van der Waals surface area (Å²) in [5.74, 6) is 0.291. The Morgan fingerprint density at radius 3 is 2.57 bits per heavy atom. The first-order valence-electron chi connectivity index (χ1n) is 9.65. The molecule has 0 saturated heterocycles. The van der Waals surface area contributed by atoms with Crippen LogP contribution in [0.3, 0.4) is 0 Å². The highest BCUT2D eigenvalue weighted by atomic mass is 32.2. The zero-order valence-corrected chi connectivity index (χ0v) is 16.7. The Labute approximate surface area is 170 Å². The van der Waals surface area contributed by atoms with Gasteiger partial charge in [0.15, 0.2) is 5.78 Å². The van der Waals surface area contributed by atoms with Gasteiger partial charge in [0, 0.05) is 29.4 Å². The number of nitrogens with zero attached hydrogens (tertiary/aromatic N) is 2. The second kappa shape index (κ2) is 8.16. The van der Waals surface area contributed by atoms with Crippen LogP contribution in [-0.4, -0.2) is 10.8 Å². The number of carbonyl (C=O) groups excluding carboxylic acids is 1. The summed E-state index contributed by atoms with van der Waals surface area (Å²) in [5, 5.41) is 10.9. The molecule has 0 amide bonds. The average Bonchev–Trinajstić information content (AvgIpc) is 2.73. The number of nitriles is 1. The van der Waals surface area contributed by atoms with Gasteiger partial charge in [-0.3, -0.25) is 4.79 Å². The van der Waals surface area contributed by atoms with Gasteiger partial charge in [0.05, 0.1) is 11.1 Å². The Bertz CT molecular complexity index is 984. The van der Waals surface area contributed by atoms with Crippen LogP contribution in [0.25, 0.3) is 0 Å². The van der Waals surface area contributed by atoms with Crippen molar-refractivity contribution in [3.63, 3.8) is 0 Å². The maximum absolute atomic E-state index is 12.8. The summed E-state index contributed by atoms with van der Waals surface area (Å²) in [7, 11) is 0. The number of Topliss-reactive ketones (excluding diaryl/α,β-unsaturated/α-hetero) is 1. The van der Waals surface area contributed by atoms with Gasteiger partial charge in [0.2, 0.25) is 0 Å². The van der Waals surface area contributed by atoms with E-state index in [0.717, 1.165) is 40.5 Å². The lowest BCUT2D eigenvalue weighted by Crippen LogP contribution is -2.30. The van der Waals surface area contributed by atoms with Gasteiger partial charge in [0.1, 0.15) is 5.92 Å². The second-order valence-electron chi connectivity index (χ2n) is 7.36. The van der Waals surface area contributed by atoms with Gasteiger partial charge in [-0.25, -0.2) is 4.99 Å². The topological polar surface area (TPSA) is 53.2 Å². The van der Waals surface area contributed by atoms with E-state index in [0.29, 0.717) is 6.42 Å². The molecule has 0 spiro atoms. The molecule has 0 radical (unpaired) electrons. The van der Waals surface area contributed by atoms with Crippen LogP contribution in [0.1, 0.15) is 41.9 Å².